The number of allylic oxidation sites excluding steroid dienone is 1. The summed E-state index contributed by atoms with van der Waals surface area (Å²) in [5, 5.41) is 2.41. The number of hydrazine groups is 1. The van der Waals surface area contributed by atoms with Crippen molar-refractivity contribution in [1.29, 1.82) is 0 Å². The predicted molar refractivity (Wildman–Crippen MR) is 54.6 cm³/mol. The van der Waals surface area contributed by atoms with Crippen molar-refractivity contribution >= 4 is 12.0 Å². The van der Waals surface area contributed by atoms with E-state index in [2.05, 4.69) is 11.3 Å². The quantitative estimate of drug-likeness (QED) is 0.659. The highest BCUT2D eigenvalue weighted by Gasteiger charge is 2.43. The highest BCUT2D eigenvalue weighted by Crippen LogP contribution is 2.39. The standard InChI is InChI=1S/C10H16N2O3/c1-7-10(2,3)6-8(13)12(7)11(4)9(14)15-5/h1,6H2,2-5H3. The molecule has 0 aromatic rings. The summed E-state index contributed by atoms with van der Waals surface area (Å²) >= 11 is 0. The lowest BCUT2D eigenvalue weighted by molar-refractivity contribution is -0.136. The Labute approximate surface area is 89.3 Å². The van der Waals surface area contributed by atoms with Crippen LogP contribution in [0.3, 0.4) is 0 Å². The van der Waals surface area contributed by atoms with Gasteiger partial charge in [0.2, 0.25) is 5.91 Å². The highest BCUT2D eigenvalue weighted by atomic mass is 16.5. The second-order valence-corrected chi connectivity index (χ2v) is 4.21. The van der Waals surface area contributed by atoms with Crippen LogP contribution in [0.4, 0.5) is 4.79 Å². The molecular formula is C10H16N2O3. The van der Waals surface area contributed by atoms with Crippen LogP contribution >= 0.6 is 0 Å². The lowest BCUT2D eigenvalue weighted by Gasteiger charge is -2.29. The van der Waals surface area contributed by atoms with Crippen LogP contribution in [0.5, 0.6) is 0 Å². The van der Waals surface area contributed by atoms with E-state index in [-0.39, 0.29) is 11.3 Å². The van der Waals surface area contributed by atoms with E-state index in [9.17, 15) is 9.59 Å². The monoisotopic (exact) mass is 212 g/mol. The van der Waals surface area contributed by atoms with Crippen LogP contribution < -0.4 is 0 Å². The first-order chi connectivity index (χ1) is 6.81. The molecule has 1 fully saturated rings. The zero-order valence-electron chi connectivity index (χ0n) is 9.53. The van der Waals surface area contributed by atoms with Crippen molar-refractivity contribution in [1.82, 2.24) is 10.0 Å². The average Bonchev–Trinajstić information content (AvgIpc) is 2.34. The molecule has 5 nitrogen and oxygen atoms in total. The molecule has 2 amide bonds. The number of carbonyl (C=O) groups is 2. The summed E-state index contributed by atoms with van der Waals surface area (Å²) in [7, 11) is 2.75. The Bertz CT molecular complexity index is 323. The molecule has 1 aliphatic heterocycles. The summed E-state index contributed by atoms with van der Waals surface area (Å²) in [4.78, 5) is 22.9. The van der Waals surface area contributed by atoms with Crippen molar-refractivity contribution in [3.05, 3.63) is 12.3 Å². The molecule has 0 bridgehead atoms. The minimum atomic E-state index is -0.581. The molecule has 0 atom stereocenters. The lowest BCUT2D eigenvalue weighted by Crippen LogP contribution is -2.43. The largest absolute Gasteiger partial charge is 0.452 e. The SMILES string of the molecule is C=C1N(N(C)C(=O)OC)C(=O)CC1(C)C. The minimum absolute atomic E-state index is 0.141. The molecule has 5 heteroatoms. The second-order valence-electron chi connectivity index (χ2n) is 4.21. The summed E-state index contributed by atoms with van der Waals surface area (Å²) in [5.41, 5.74) is 0.305. The topological polar surface area (TPSA) is 49.9 Å². The third-order valence-electron chi connectivity index (χ3n) is 2.61. The molecule has 1 aliphatic rings. The molecular weight excluding hydrogens is 196 g/mol. The molecule has 0 N–H and O–H groups in total. The van der Waals surface area contributed by atoms with Crippen LogP contribution in [0.25, 0.3) is 0 Å². The first-order valence-corrected chi connectivity index (χ1v) is 4.65. The van der Waals surface area contributed by atoms with Gasteiger partial charge in [0, 0.05) is 24.6 Å². The normalized spacial score (nSPS) is 19.3. The molecule has 15 heavy (non-hydrogen) atoms. The van der Waals surface area contributed by atoms with Crippen molar-refractivity contribution in [3.63, 3.8) is 0 Å². The number of hydrogen-bond acceptors (Lipinski definition) is 3. The summed E-state index contributed by atoms with van der Waals surface area (Å²) in [6, 6.07) is 0. The van der Waals surface area contributed by atoms with E-state index in [1.807, 2.05) is 13.8 Å². The number of amides is 2. The Morgan fingerprint density at radius 1 is 1.60 bits per heavy atom. The molecule has 0 aliphatic carbocycles. The van der Waals surface area contributed by atoms with E-state index in [0.717, 1.165) is 5.01 Å². The highest BCUT2D eigenvalue weighted by molar-refractivity contribution is 5.84. The van der Waals surface area contributed by atoms with Gasteiger partial charge in [-0.25, -0.2) is 14.8 Å². The van der Waals surface area contributed by atoms with E-state index < -0.39 is 6.09 Å². The van der Waals surface area contributed by atoms with Crippen molar-refractivity contribution in [2.75, 3.05) is 14.2 Å². The van der Waals surface area contributed by atoms with Crippen LogP contribution in [-0.4, -0.2) is 36.2 Å². The molecule has 84 valence electrons. The molecule has 1 rings (SSSR count). The summed E-state index contributed by atoms with van der Waals surface area (Å²) in [5.74, 6) is -0.141. The molecule has 0 saturated carbocycles. The molecule has 0 radical (unpaired) electrons. The van der Waals surface area contributed by atoms with Gasteiger partial charge in [-0.1, -0.05) is 20.4 Å². The molecule has 0 aromatic heterocycles. The fourth-order valence-electron chi connectivity index (χ4n) is 1.55. The second kappa shape index (κ2) is 3.56. The fourth-order valence-corrected chi connectivity index (χ4v) is 1.55. The molecule has 0 aromatic carbocycles. The van der Waals surface area contributed by atoms with Gasteiger partial charge in [0.15, 0.2) is 0 Å². The maximum Gasteiger partial charge on any atom is 0.428 e. The van der Waals surface area contributed by atoms with Crippen LogP contribution in [0.1, 0.15) is 20.3 Å². The Hall–Kier alpha value is -1.52. The van der Waals surface area contributed by atoms with Crippen molar-refractivity contribution in [3.8, 4) is 0 Å². The van der Waals surface area contributed by atoms with Gasteiger partial charge in [0.25, 0.3) is 0 Å². The van der Waals surface area contributed by atoms with Crippen LogP contribution in [-0.2, 0) is 9.53 Å². The van der Waals surface area contributed by atoms with Crippen molar-refractivity contribution < 1.29 is 14.3 Å². The Kier molecular flexibility index (Phi) is 2.75. The van der Waals surface area contributed by atoms with Gasteiger partial charge in [-0.3, -0.25) is 4.79 Å². The average molecular weight is 212 g/mol. The maximum atomic E-state index is 11.7. The number of methoxy groups -OCH3 is 1. The van der Waals surface area contributed by atoms with Gasteiger partial charge >= 0.3 is 6.09 Å². The van der Waals surface area contributed by atoms with E-state index in [4.69, 9.17) is 0 Å². The zero-order valence-corrected chi connectivity index (χ0v) is 9.53. The van der Waals surface area contributed by atoms with Gasteiger partial charge in [0.1, 0.15) is 0 Å². The maximum absolute atomic E-state index is 11.7. The third-order valence-corrected chi connectivity index (χ3v) is 2.61. The Morgan fingerprint density at radius 3 is 2.47 bits per heavy atom. The van der Waals surface area contributed by atoms with Crippen LogP contribution in [0.15, 0.2) is 12.3 Å². The molecule has 1 saturated heterocycles. The van der Waals surface area contributed by atoms with E-state index in [0.29, 0.717) is 12.1 Å². The predicted octanol–water partition coefficient (Wildman–Crippen LogP) is 1.37. The fraction of sp³-hybridized carbons (Fsp3) is 0.600. The zero-order chi connectivity index (χ0) is 11.8. The van der Waals surface area contributed by atoms with Gasteiger partial charge < -0.3 is 4.74 Å². The smallest absolute Gasteiger partial charge is 0.428 e. The van der Waals surface area contributed by atoms with E-state index >= 15 is 0 Å². The van der Waals surface area contributed by atoms with Gasteiger partial charge in [-0.2, -0.15) is 0 Å². The first kappa shape index (κ1) is 11.6. The van der Waals surface area contributed by atoms with Gasteiger partial charge in [-0.05, 0) is 0 Å². The summed E-state index contributed by atoms with van der Waals surface area (Å²) in [6.45, 7) is 7.66. The number of carbonyl (C=O) groups excluding carboxylic acids is 2. The van der Waals surface area contributed by atoms with E-state index in [1.165, 1.54) is 19.2 Å². The van der Waals surface area contributed by atoms with E-state index in [1.54, 1.807) is 0 Å². The number of hydrogen-bond donors (Lipinski definition) is 0. The molecule has 0 unspecified atom stereocenters. The number of nitrogens with zero attached hydrogens (tertiary/aromatic N) is 2. The number of rotatable bonds is 1. The van der Waals surface area contributed by atoms with Crippen LogP contribution in [0, 0.1) is 5.41 Å². The number of ether oxygens (including phenoxy) is 1. The lowest BCUT2D eigenvalue weighted by atomic mass is 9.90. The molecule has 0 spiro atoms. The minimum Gasteiger partial charge on any atom is -0.452 e. The molecule has 1 heterocycles. The van der Waals surface area contributed by atoms with Gasteiger partial charge in [0.05, 0.1) is 7.11 Å². The van der Waals surface area contributed by atoms with Crippen molar-refractivity contribution in [2.45, 2.75) is 20.3 Å². The Balaban J connectivity index is 2.93. The van der Waals surface area contributed by atoms with Crippen molar-refractivity contribution in [2.24, 2.45) is 5.41 Å². The van der Waals surface area contributed by atoms with Crippen LogP contribution in [0.2, 0.25) is 0 Å². The summed E-state index contributed by atoms with van der Waals surface area (Å²) in [6.07, 6.45) is -0.227. The Morgan fingerprint density at radius 2 is 2.13 bits per heavy atom. The first-order valence-electron chi connectivity index (χ1n) is 4.65. The van der Waals surface area contributed by atoms with Gasteiger partial charge in [-0.15, -0.1) is 0 Å². The summed E-state index contributed by atoms with van der Waals surface area (Å²) < 4.78 is 4.54. The third kappa shape index (κ3) is 1.82.